The van der Waals surface area contributed by atoms with Gasteiger partial charge in [0.2, 0.25) is 0 Å². The SMILES string of the molecule is Nc1c(-c2cnn(C3CC3)c2)c(C(F)(F)F)nn1-c1ncccn1. The van der Waals surface area contributed by atoms with Gasteiger partial charge < -0.3 is 5.73 Å². The standard InChI is InChI=1S/C14H12F3N7/c15-14(16,17)11-10(8-6-21-23(7-8)9-2-3-9)12(18)24(22-11)13-19-4-1-5-20-13/h1,4-7,9H,2-3,18H2. The number of nitrogen functional groups attached to an aromatic ring is 1. The molecule has 0 spiro atoms. The minimum atomic E-state index is -4.66. The van der Waals surface area contributed by atoms with Gasteiger partial charge in [-0.1, -0.05) is 0 Å². The van der Waals surface area contributed by atoms with Gasteiger partial charge in [0.05, 0.1) is 17.8 Å². The van der Waals surface area contributed by atoms with Gasteiger partial charge in [-0.2, -0.15) is 28.1 Å². The number of nitrogens with two attached hydrogens (primary N) is 1. The molecule has 0 bridgehead atoms. The van der Waals surface area contributed by atoms with Gasteiger partial charge in [-0.3, -0.25) is 4.68 Å². The van der Waals surface area contributed by atoms with Crippen molar-refractivity contribution in [2.75, 3.05) is 5.73 Å². The van der Waals surface area contributed by atoms with Crippen LogP contribution in [0.5, 0.6) is 0 Å². The molecule has 3 aromatic heterocycles. The van der Waals surface area contributed by atoms with Gasteiger partial charge in [-0.15, -0.1) is 0 Å². The molecule has 0 atom stereocenters. The lowest BCUT2D eigenvalue weighted by molar-refractivity contribution is -0.140. The van der Waals surface area contributed by atoms with Crippen LogP contribution >= 0.6 is 0 Å². The van der Waals surface area contributed by atoms with Crippen LogP contribution in [0.3, 0.4) is 0 Å². The van der Waals surface area contributed by atoms with Crippen LogP contribution in [0.4, 0.5) is 19.0 Å². The molecule has 1 aliphatic carbocycles. The second-order valence-corrected chi connectivity index (χ2v) is 5.51. The van der Waals surface area contributed by atoms with Crippen molar-refractivity contribution >= 4 is 5.82 Å². The van der Waals surface area contributed by atoms with Crippen molar-refractivity contribution in [1.29, 1.82) is 0 Å². The number of halogens is 3. The van der Waals surface area contributed by atoms with Gasteiger partial charge in [0.15, 0.2) is 5.69 Å². The van der Waals surface area contributed by atoms with Crippen LogP contribution in [0.25, 0.3) is 17.1 Å². The number of rotatable bonds is 3. The minimum absolute atomic E-state index is 0.0265. The molecule has 0 radical (unpaired) electrons. The van der Waals surface area contributed by atoms with Gasteiger partial charge in [-0.05, 0) is 18.9 Å². The van der Waals surface area contributed by atoms with Crippen molar-refractivity contribution in [3.05, 3.63) is 36.5 Å². The molecule has 2 N–H and O–H groups in total. The van der Waals surface area contributed by atoms with E-state index in [1.54, 1.807) is 16.9 Å². The smallest absolute Gasteiger partial charge is 0.383 e. The van der Waals surface area contributed by atoms with Crippen LogP contribution in [0, 0.1) is 0 Å². The molecule has 0 aliphatic heterocycles. The lowest BCUT2D eigenvalue weighted by atomic mass is 10.1. The van der Waals surface area contributed by atoms with Gasteiger partial charge in [0, 0.05) is 24.2 Å². The average Bonchev–Trinajstić information content (AvgIpc) is 3.17. The molecule has 3 heterocycles. The highest BCUT2D eigenvalue weighted by molar-refractivity contribution is 5.77. The fraction of sp³-hybridized carbons (Fsp3) is 0.286. The molecule has 4 rings (SSSR count). The number of anilines is 1. The molecule has 1 fully saturated rings. The summed E-state index contributed by atoms with van der Waals surface area (Å²) in [6, 6.07) is 1.80. The van der Waals surface area contributed by atoms with E-state index in [1.807, 2.05) is 0 Å². The van der Waals surface area contributed by atoms with E-state index < -0.39 is 11.9 Å². The molecule has 10 heteroatoms. The minimum Gasteiger partial charge on any atom is -0.383 e. The van der Waals surface area contributed by atoms with Crippen molar-refractivity contribution in [3.63, 3.8) is 0 Å². The first-order valence-corrected chi connectivity index (χ1v) is 7.23. The second-order valence-electron chi connectivity index (χ2n) is 5.51. The summed E-state index contributed by atoms with van der Waals surface area (Å²) in [4.78, 5) is 7.81. The molecule has 7 nitrogen and oxygen atoms in total. The van der Waals surface area contributed by atoms with Gasteiger partial charge in [0.25, 0.3) is 5.95 Å². The largest absolute Gasteiger partial charge is 0.435 e. The topological polar surface area (TPSA) is 87.4 Å². The Hall–Kier alpha value is -2.91. The predicted molar refractivity (Wildman–Crippen MR) is 78.1 cm³/mol. The summed E-state index contributed by atoms with van der Waals surface area (Å²) in [5.74, 6) is -0.204. The number of alkyl halides is 3. The number of hydrogen-bond acceptors (Lipinski definition) is 5. The van der Waals surface area contributed by atoms with E-state index in [0.29, 0.717) is 0 Å². The first-order chi connectivity index (χ1) is 11.4. The summed E-state index contributed by atoms with van der Waals surface area (Å²) >= 11 is 0. The quantitative estimate of drug-likeness (QED) is 0.794. The van der Waals surface area contributed by atoms with Crippen LogP contribution in [-0.2, 0) is 6.18 Å². The zero-order valence-corrected chi connectivity index (χ0v) is 12.3. The molecular formula is C14H12F3N7. The van der Waals surface area contributed by atoms with Crippen molar-refractivity contribution in [2.45, 2.75) is 25.1 Å². The summed E-state index contributed by atoms with van der Waals surface area (Å²) in [5, 5.41) is 7.73. The third-order valence-corrected chi connectivity index (χ3v) is 3.74. The first kappa shape index (κ1) is 14.7. The molecule has 0 unspecified atom stereocenters. The summed E-state index contributed by atoms with van der Waals surface area (Å²) < 4.78 is 42.8. The van der Waals surface area contributed by atoms with Crippen molar-refractivity contribution in [3.8, 4) is 17.1 Å². The van der Waals surface area contributed by atoms with E-state index in [4.69, 9.17) is 5.73 Å². The molecule has 124 valence electrons. The lowest BCUT2D eigenvalue weighted by Crippen LogP contribution is -2.09. The van der Waals surface area contributed by atoms with E-state index in [9.17, 15) is 13.2 Å². The zero-order valence-electron chi connectivity index (χ0n) is 12.3. The highest BCUT2D eigenvalue weighted by Gasteiger charge is 2.40. The highest BCUT2D eigenvalue weighted by atomic mass is 19.4. The predicted octanol–water partition coefficient (Wildman–Crippen LogP) is 2.46. The molecular weight excluding hydrogens is 323 g/mol. The summed E-state index contributed by atoms with van der Waals surface area (Å²) in [7, 11) is 0. The van der Waals surface area contributed by atoms with Gasteiger partial charge >= 0.3 is 6.18 Å². The fourth-order valence-electron chi connectivity index (χ4n) is 2.47. The average molecular weight is 335 g/mol. The Labute approximate surface area is 133 Å². The Morgan fingerprint density at radius 1 is 1.17 bits per heavy atom. The van der Waals surface area contributed by atoms with Crippen LogP contribution in [-0.4, -0.2) is 29.5 Å². The van der Waals surface area contributed by atoms with E-state index in [-0.39, 0.29) is 28.9 Å². The van der Waals surface area contributed by atoms with E-state index >= 15 is 0 Å². The normalized spacial score (nSPS) is 15.0. The highest BCUT2D eigenvalue weighted by Crippen LogP contribution is 2.41. The van der Waals surface area contributed by atoms with Crippen molar-refractivity contribution in [2.24, 2.45) is 0 Å². The number of aromatic nitrogens is 6. The maximum Gasteiger partial charge on any atom is 0.435 e. The van der Waals surface area contributed by atoms with Crippen LogP contribution in [0.15, 0.2) is 30.9 Å². The number of nitrogens with zero attached hydrogens (tertiary/aromatic N) is 6. The molecule has 1 aliphatic rings. The fourth-order valence-corrected chi connectivity index (χ4v) is 2.47. The summed E-state index contributed by atoms with van der Waals surface area (Å²) in [6.07, 6.45) is 3.03. The number of hydrogen-bond donors (Lipinski definition) is 1. The molecule has 0 aromatic carbocycles. The maximum absolute atomic E-state index is 13.4. The Morgan fingerprint density at radius 3 is 2.50 bits per heavy atom. The van der Waals surface area contributed by atoms with E-state index in [0.717, 1.165) is 17.5 Å². The molecule has 24 heavy (non-hydrogen) atoms. The summed E-state index contributed by atoms with van der Waals surface area (Å²) in [5.41, 5.74) is 4.93. The summed E-state index contributed by atoms with van der Waals surface area (Å²) in [6.45, 7) is 0. The van der Waals surface area contributed by atoms with Crippen LogP contribution < -0.4 is 5.73 Å². The van der Waals surface area contributed by atoms with Crippen LogP contribution in [0.2, 0.25) is 0 Å². The molecule has 0 saturated heterocycles. The van der Waals surface area contributed by atoms with Crippen molar-refractivity contribution < 1.29 is 13.2 Å². The van der Waals surface area contributed by atoms with E-state index in [2.05, 4.69) is 20.2 Å². The van der Waals surface area contributed by atoms with Gasteiger partial charge in [0.1, 0.15) is 5.82 Å². The Balaban J connectivity index is 1.89. The zero-order chi connectivity index (χ0) is 16.9. The lowest BCUT2D eigenvalue weighted by Gasteiger charge is -2.04. The van der Waals surface area contributed by atoms with Crippen LogP contribution in [0.1, 0.15) is 24.6 Å². The monoisotopic (exact) mass is 335 g/mol. The Kier molecular flexibility index (Phi) is 3.08. The first-order valence-electron chi connectivity index (χ1n) is 7.23. The van der Waals surface area contributed by atoms with Gasteiger partial charge in [-0.25, -0.2) is 9.97 Å². The molecule has 1 saturated carbocycles. The molecule has 0 amide bonds. The third kappa shape index (κ3) is 2.39. The van der Waals surface area contributed by atoms with E-state index in [1.165, 1.54) is 18.6 Å². The molecule has 3 aromatic rings. The Morgan fingerprint density at radius 2 is 1.88 bits per heavy atom. The maximum atomic E-state index is 13.4. The van der Waals surface area contributed by atoms with Crippen molar-refractivity contribution in [1.82, 2.24) is 29.5 Å². The third-order valence-electron chi connectivity index (χ3n) is 3.74. The Bertz CT molecular complexity index is 878. The second kappa shape index (κ2) is 5.05.